The van der Waals surface area contributed by atoms with Crippen LogP contribution in [-0.2, 0) is 0 Å². The fourth-order valence-corrected chi connectivity index (χ4v) is 1.68. The Morgan fingerprint density at radius 1 is 1.26 bits per heavy atom. The van der Waals surface area contributed by atoms with Crippen molar-refractivity contribution in [3.05, 3.63) is 59.8 Å². The average molecular weight is 307 g/mol. The molecule has 8 nitrogen and oxygen atoms in total. The van der Waals surface area contributed by atoms with Gasteiger partial charge in [-0.3, -0.25) is 4.98 Å². The van der Waals surface area contributed by atoms with E-state index in [9.17, 15) is 4.79 Å². The van der Waals surface area contributed by atoms with Gasteiger partial charge in [0.15, 0.2) is 0 Å². The molecule has 1 aromatic carbocycles. The summed E-state index contributed by atoms with van der Waals surface area (Å²) in [4.78, 5) is 18.9. The molecule has 3 rings (SSSR count). The van der Waals surface area contributed by atoms with Gasteiger partial charge in [-0.1, -0.05) is 17.2 Å². The second-order valence-corrected chi connectivity index (χ2v) is 4.27. The Morgan fingerprint density at radius 3 is 2.96 bits per heavy atom. The van der Waals surface area contributed by atoms with Crippen LogP contribution in [0.2, 0.25) is 0 Å². The minimum atomic E-state index is -1.23. The summed E-state index contributed by atoms with van der Waals surface area (Å²) in [5, 5.41) is 18.2. The lowest BCUT2D eigenvalue weighted by molar-refractivity contribution is 0.0687. The number of H-pyrrole nitrogens is 1. The smallest absolute Gasteiger partial charge is 0.362 e. The highest BCUT2D eigenvalue weighted by Crippen LogP contribution is 2.22. The lowest BCUT2D eigenvalue weighted by Crippen LogP contribution is -1.99. The minimum absolute atomic E-state index is 0.0449. The zero-order chi connectivity index (χ0) is 16.1. The van der Waals surface area contributed by atoms with Gasteiger partial charge >= 0.3 is 5.97 Å². The number of hydrogen-bond donors (Lipinski definition) is 2. The highest BCUT2D eigenvalue weighted by Gasteiger charge is 2.16. The number of aromatic nitrogens is 5. The van der Waals surface area contributed by atoms with E-state index in [2.05, 4.69) is 37.2 Å². The molecule has 0 aliphatic rings. The van der Waals surface area contributed by atoms with E-state index in [0.29, 0.717) is 17.0 Å². The van der Waals surface area contributed by atoms with Crippen LogP contribution < -0.4 is 4.74 Å². The third kappa shape index (κ3) is 3.48. The van der Waals surface area contributed by atoms with E-state index in [0.717, 1.165) is 0 Å². The highest BCUT2D eigenvalue weighted by atomic mass is 16.5. The van der Waals surface area contributed by atoms with Crippen LogP contribution in [0.4, 0.5) is 0 Å². The number of rotatable bonds is 3. The van der Waals surface area contributed by atoms with Gasteiger partial charge in [-0.15, -0.1) is 5.10 Å². The molecule has 0 unspecified atom stereocenters. The van der Waals surface area contributed by atoms with Crippen molar-refractivity contribution in [3.63, 3.8) is 0 Å². The van der Waals surface area contributed by atoms with E-state index in [1.165, 1.54) is 0 Å². The van der Waals surface area contributed by atoms with Crippen LogP contribution in [0, 0.1) is 11.8 Å². The van der Waals surface area contributed by atoms with Crippen molar-refractivity contribution in [2.24, 2.45) is 0 Å². The van der Waals surface area contributed by atoms with Crippen LogP contribution in [0.1, 0.15) is 21.7 Å². The molecule has 0 aliphatic carbocycles. The Hall–Kier alpha value is -3.73. The van der Waals surface area contributed by atoms with Gasteiger partial charge in [0.05, 0.1) is 6.20 Å². The molecule has 2 N–H and O–H groups in total. The molecule has 0 amide bonds. The summed E-state index contributed by atoms with van der Waals surface area (Å²) >= 11 is 0. The van der Waals surface area contributed by atoms with Gasteiger partial charge in [0.1, 0.15) is 11.4 Å². The Balaban J connectivity index is 1.82. The second-order valence-electron chi connectivity index (χ2n) is 4.27. The third-order valence-electron chi connectivity index (χ3n) is 2.67. The number of hydrogen-bond acceptors (Lipinski definition) is 6. The Morgan fingerprint density at radius 2 is 2.17 bits per heavy atom. The van der Waals surface area contributed by atoms with Crippen molar-refractivity contribution in [2.75, 3.05) is 0 Å². The monoisotopic (exact) mass is 307 g/mol. The van der Waals surface area contributed by atoms with E-state index in [1.807, 2.05) is 0 Å². The predicted molar refractivity (Wildman–Crippen MR) is 77.9 cm³/mol. The summed E-state index contributed by atoms with van der Waals surface area (Å²) in [5.74, 6) is 4.93. The van der Waals surface area contributed by atoms with E-state index < -0.39 is 5.97 Å². The number of aromatic amines is 1. The first-order valence-electron chi connectivity index (χ1n) is 6.42. The summed E-state index contributed by atoms with van der Waals surface area (Å²) in [6.45, 7) is 0. The zero-order valence-electron chi connectivity index (χ0n) is 11.6. The molecule has 23 heavy (non-hydrogen) atoms. The lowest BCUT2D eigenvalue weighted by atomic mass is 10.2. The molecule has 0 atom stereocenters. The van der Waals surface area contributed by atoms with Crippen molar-refractivity contribution >= 4 is 5.97 Å². The fourth-order valence-electron chi connectivity index (χ4n) is 1.68. The van der Waals surface area contributed by atoms with Crippen molar-refractivity contribution in [1.82, 2.24) is 25.4 Å². The maximum atomic E-state index is 11.0. The molecule has 2 heterocycles. The van der Waals surface area contributed by atoms with Crippen molar-refractivity contribution in [1.29, 1.82) is 0 Å². The number of carboxylic acid groups (broad SMARTS) is 1. The summed E-state index contributed by atoms with van der Waals surface area (Å²) in [7, 11) is 0. The molecule has 8 heteroatoms. The van der Waals surface area contributed by atoms with Crippen LogP contribution in [0.3, 0.4) is 0 Å². The molecule has 0 saturated carbocycles. The van der Waals surface area contributed by atoms with Crippen LogP contribution in [0.5, 0.6) is 11.6 Å². The first-order chi connectivity index (χ1) is 11.2. The number of nitrogens with zero attached hydrogens (tertiary/aromatic N) is 4. The third-order valence-corrected chi connectivity index (χ3v) is 2.67. The molecule has 2 aromatic heterocycles. The molecule has 0 radical (unpaired) electrons. The Labute approximate surface area is 130 Å². The topological polar surface area (TPSA) is 114 Å². The number of carbonyl (C=O) groups is 1. The molecule has 0 spiro atoms. The van der Waals surface area contributed by atoms with Crippen LogP contribution in [-0.4, -0.2) is 36.5 Å². The number of carboxylic acids is 1. The number of aromatic carboxylic acids is 1. The van der Waals surface area contributed by atoms with Crippen molar-refractivity contribution in [2.45, 2.75) is 0 Å². The predicted octanol–water partition coefficient (Wildman–Crippen LogP) is 1.48. The van der Waals surface area contributed by atoms with Gasteiger partial charge in [-0.2, -0.15) is 0 Å². The molecule has 0 saturated heterocycles. The Bertz CT molecular complexity index is 896. The molecule has 3 aromatic rings. The zero-order valence-corrected chi connectivity index (χ0v) is 11.6. The van der Waals surface area contributed by atoms with Crippen LogP contribution >= 0.6 is 0 Å². The van der Waals surface area contributed by atoms with E-state index in [4.69, 9.17) is 9.84 Å². The van der Waals surface area contributed by atoms with Gasteiger partial charge in [-0.05, 0) is 24.1 Å². The second kappa shape index (κ2) is 6.36. The number of nitrogens with one attached hydrogen (secondary N) is 1. The van der Waals surface area contributed by atoms with E-state index in [1.54, 1.807) is 42.9 Å². The van der Waals surface area contributed by atoms with Crippen molar-refractivity contribution in [3.8, 4) is 23.5 Å². The normalized spacial score (nSPS) is 9.74. The standard InChI is InChI=1S/C15H9N5O3/c21-15(22)13-14(19-20-18-13)23-12-3-1-2-10(8-12)4-5-11-9-16-6-7-17-11/h1-3,6-9H,(H,21,22)(H,18,19,20). The SMILES string of the molecule is O=C(O)c1nn[nH]c1Oc1cccc(C#Cc2cnccn2)c1. The number of ether oxygens (including phenoxy) is 1. The summed E-state index contributed by atoms with van der Waals surface area (Å²) in [6, 6.07) is 6.86. The quantitative estimate of drug-likeness (QED) is 0.704. The van der Waals surface area contributed by atoms with Gasteiger partial charge in [0.2, 0.25) is 5.69 Å². The van der Waals surface area contributed by atoms with Gasteiger partial charge < -0.3 is 9.84 Å². The number of benzene rings is 1. The molecule has 0 bridgehead atoms. The molecule has 0 aliphatic heterocycles. The van der Waals surface area contributed by atoms with Gasteiger partial charge in [-0.25, -0.2) is 14.9 Å². The summed E-state index contributed by atoms with van der Waals surface area (Å²) in [5.41, 5.74) is 0.934. The molecular weight excluding hydrogens is 298 g/mol. The Kier molecular flexibility index (Phi) is 3.93. The molecule has 112 valence electrons. The van der Waals surface area contributed by atoms with Gasteiger partial charge in [0.25, 0.3) is 5.88 Å². The van der Waals surface area contributed by atoms with Crippen LogP contribution in [0.25, 0.3) is 0 Å². The van der Waals surface area contributed by atoms with E-state index >= 15 is 0 Å². The van der Waals surface area contributed by atoms with Gasteiger partial charge in [0, 0.05) is 18.0 Å². The molecule has 0 fully saturated rings. The molecular formula is C15H9N5O3. The van der Waals surface area contributed by atoms with E-state index in [-0.39, 0.29) is 11.6 Å². The largest absolute Gasteiger partial charge is 0.476 e. The first-order valence-corrected chi connectivity index (χ1v) is 6.42. The lowest BCUT2D eigenvalue weighted by Gasteiger charge is -2.03. The van der Waals surface area contributed by atoms with Crippen molar-refractivity contribution < 1.29 is 14.6 Å². The average Bonchev–Trinajstić information content (AvgIpc) is 3.03. The fraction of sp³-hybridized carbons (Fsp3) is 0. The van der Waals surface area contributed by atoms with Crippen LogP contribution in [0.15, 0.2) is 42.9 Å². The maximum Gasteiger partial charge on any atom is 0.362 e. The first kappa shape index (κ1) is 14.2. The summed E-state index contributed by atoms with van der Waals surface area (Å²) in [6.07, 6.45) is 4.68. The maximum absolute atomic E-state index is 11.0. The summed E-state index contributed by atoms with van der Waals surface area (Å²) < 4.78 is 5.45. The minimum Gasteiger partial charge on any atom is -0.476 e. The highest BCUT2D eigenvalue weighted by molar-refractivity contribution is 5.87.